The van der Waals surface area contributed by atoms with Gasteiger partial charge in [0, 0.05) is 11.3 Å². The molecule has 3 rings (SSSR count). The average Bonchev–Trinajstić information content (AvgIpc) is 2.68. The fourth-order valence-corrected chi connectivity index (χ4v) is 4.75. The minimum Gasteiger partial charge on any atom is -0.346 e. The number of benzene rings is 3. The SMILES string of the molecule is Cc1ccc(C(C)NC(=O)c2ccc(C)c(S(=O)(=O)Nc3ccccc3)c2)c(C)c1. The van der Waals surface area contributed by atoms with E-state index in [1.807, 2.05) is 39.0 Å². The van der Waals surface area contributed by atoms with Crippen LogP contribution in [0.2, 0.25) is 0 Å². The van der Waals surface area contributed by atoms with Gasteiger partial charge in [0.15, 0.2) is 0 Å². The molecule has 3 aromatic rings. The number of hydrogen-bond donors (Lipinski definition) is 2. The summed E-state index contributed by atoms with van der Waals surface area (Å²) in [4.78, 5) is 12.9. The lowest BCUT2D eigenvalue weighted by molar-refractivity contribution is 0.0939. The summed E-state index contributed by atoms with van der Waals surface area (Å²) in [5, 5.41) is 2.97. The van der Waals surface area contributed by atoms with Crippen molar-refractivity contribution in [2.75, 3.05) is 4.72 Å². The van der Waals surface area contributed by atoms with E-state index in [-0.39, 0.29) is 16.8 Å². The van der Waals surface area contributed by atoms with Crippen LogP contribution in [-0.2, 0) is 10.0 Å². The van der Waals surface area contributed by atoms with Gasteiger partial charge in [-0.1, -0.05) is 48.0 Å². The molecule has 0 aliphatic carbocycles. The number of amides is 1. The third-order valence-corrected chi connectivity index (χ3v) is 6.53. The van der Waals surface area contributed by atoms with Gasteiger partial charge < -0.3 is 5.32 Å². The van der Waals surface area contributed by atoms with E-state index in [0.29, 0.717) is 16.8 Å². The first-order valence-corrected chi connectivity index (χ1v) is 11.2. The van der Waals surface area contributed by atoms with Crippen LogP contribution < -0.4 is 10.0 Å². The molecule has 0 spiro atoms. The van der Waals surface area contributed by atoms with E-state index < -0.39 is 10.0 Å². The zero-order valence-electron chi connectivity index (χ0n) is 17.6. The van der Waals surface area contributed by atoms with Gasteiger partial charge in [-0.25, -0.2) is 8.42 Å². The van der Waals surface area contributed by atoms with Gasteiger partial charge in [0.25, 0.3) is 15.9 Å². The van der Waals surface area contributed by atoms with Crippen LogP contribution in [-0.4, -0.2) is 14.3 Å². The molecule has 2 N–H and O–H groups in total. The molecule has 0 aliphatic rings. The number of hydrogen-bond acceptors (Lipinski definition) is 3. The minimum absolute atomic E-state index is 0.0816. The van der Waals surface area contributed by atoms with Crippen molar-refractivity contribution in [2.24, 2.45) is 0 Å². The van der Waals surface area contributed by atoms with Crippen molar-refractivity contribution in [3.63, 3.8) is 0 Å². The van der Waals surface area contributed by atoms with Crippen LogP contribution in [0.15, 0.2) is 71.6 Å². The number of nitrogens with one attached hydrogen (secondary N) is 2. The molecule has 0 radical (unpaired) electrons. The Morgan fingerprint density at radius 1 is 0.867 bits per heavy atom. The topological polar surface area (TPSA) is 75.3 Å². The summed E-state index contributed by atoms with van der Waals surface area (Å²) in [5.41, 5.74) is 4.62. The number of aryl methyl sites for hydroxylation is 3. The van der Waals surface area contributed by atoms with E-state index in [9.17, 15) is 13.2 Å². The number of carbonyl (C=O) groups is 1. The van der Waals surface area contributed by atoms with Gasteiger partial charge in [-0.2, -0.15) is 0 Å². The van der Waals surface area contributed by atoms with Crippen LogP contribution in [0.5, 0.6) is 0 Å². The van der Waals surface area contributed by atoms with E-state index >= 15 is 0 Å². The fourth-order valence-electron chi connectivity index (χ4n) is 3.42. The van der Waals surface area contributed by atoms with Crippen molar-refractivity contribution >= 4 is 21.6 Å². The molecule has 1 amide bonds. The molecule has 0 heterocycles. The van der Waals surface area contributed by atoms with Crippen LogP contribution in [0.25, 0.3) is 0 Å². The second kappa shape index (κ2) is 8.71. The number of sulfonamides is 1. The van der Waals surface area contributed by atoms with Gasteiger partial charge in [0.1, 0.15) is 0 Å². The lowest BCUT2D eigenvalue weighted by Gasteiger charge is -2.18. The summed E-state index contributed by atoms with van der Waals surface area (Å²) in [6.07, 6.45) is 0. The summed E-state index contributed by atoms with van der Waals surface area (Å²) >= 11 is 0. The molecule has 6 heteroatoms. The Morgan fingerprint density at radius 3 is 2.23 bits per heavy atom. The van der Waals surface area contributed by atoms with Crippen LogP contribution >= 0.6 is 0 Å². The largest absolute Gasteiger partial charge is 0.346 e. The first-order valence-electron chi connectivity index (χ1n) is 9.74. The quantitative estimate of drug-likeness (QED) is 0.593. The third kappa shape index (κ3) is 4.89. The van der Waals surface area contributed by atoms with E-state index in [2.05, 4.69) is 16.1 Å². The maximum Gasteiger partial charge on any atom is 0.262 e. The Morgan fingerprint density at radius 2 is 1.57 bits per heavy atom. The Hall–Kier alpha value is -3.12. The third-order valence-electron chi connectivity index (χ3n) is 5.01. The van der Waals surface area contributed by atoms with Crippen molar-refractivity contribution < 1.29 is 13.2 Å². The summed E-state index contributed by atoms with van der Waals surface area (Å²) in [6.45, 7) is 7.66. The van der Waals surface area contributed by atoms with E-state index in [4.69, 9.17) is 0 Å². The highest BCUT2D eigenvalue weighted by atomic mass is 32.2. The lowest BCUT2D eigenvalue weighted by Crippen LogP contribution is -2.27. The molecular weight excluding hydrogens is 396 g/mol. The van der Waals surface area contributed by atoms with Crippen molar-refractivity contribution in [1.29, 1.82) is 0 Å². The maximum absolute atomic E-state index is 12.9. The van der Waals surface area contributed by atoms with Crippen LogP contribution in [0.4, 0.5) is 5.69 Å². The monoisotopic (exact) mass is 422 g/mol. The van der Waals surface area contributed by atoms with Crippen molar-refractivity contribution in [3.8, 4) is 0 Å². The van der Waals surface area contributed by atoms with Gasteiger partial charge >= 0.3 is 0 Å². The first kappa shape index (κ1) is 21.6. The molecule has 1 atom stereocenters. The van der Waals surface area contributed by atoms with E-state index in [0.717, 1.165) is 16.7 Å². The molecule has 0 saturated carbocycles. The molecule has 0 aliphatic heterocycles. The standard InChI is InChI=1S/C24H26N2O3S/c1-16-10-13-22(18(3)14-16)19(4)25-24(27)20-12-11-17(2)23(15-20)30(28,29)26-21-8-6-5-7-9-21/h5-15,19,26H,1-4H3,(H,25,27). The zero-order valence-corrected chi connectivity index (χ0v) is 18.4. The van der Waals surface area contributed by atoms with Crippen LogP contribution in [0.1, 0.15) is 45.6 Å². The molecule has 0 aromatic heterocycles. The number of rotatable bonds is 6. The fraction of sp³-hybridized carbons (Fsp3) is 0.208. The Labute approximate surface area is 178 Å². The second-order valence-electron chi connectivity index (χ2n) is 7.51. The second-order valence-corrected chi connectivity index (χ2v) is 9.16. The highest BCUT2D eigenvalue weighted by Gasteiger charge is 2.20. The summed E-state index contributed by atoms with van der Waals surface area (Å²) in [7, 11) is -3.82. The van der Waals surface area contributed by atoms with Gasteiger partial charge in [0.2, 0.25) is 0 Å². The molecule has 3 aromatic carbocycles. The van der Waals surface area contributed by atoms with Gasteiger partial charge in [-0.15, -0.1) is 0 Å². The summed E-state index contributed by atoms with van der Waals surface area (Å²) < 4.78 is 28.3. The Kier molecular flexibility index (Phi) is 6.27. The molecule has 1 unspecified atom stereocenters. The average molecular weight is 423 g/mol. The molecule has 0 fully saturated rings. The number of para-hydroxylation sites is 1. The summed E-state index contributed by atoms with van der Waals surface area (Å²) in [5.74, 6) is -0.321. The number of anilines is 1. The van der Waals surface area contributed by atoms with Crippen molar-refractivity contribution in [2.45, 2.75) is 38.6 Å². The Balaban J connectivity index is 1.84. The van der Waals surface area contributed by atoms with E-state index in [1.165, 1.54) is 6.07 Å². The van der Waals surface area contributed by atoms with Crippen molar-refractivity contribution in [3.05, 3.63) is 94.5 Å². The lowest BCUT2D eigenvalue weighted by atomic mass is 10.00. The van der Waals surface area contributed by atoms with Crippen LogP contribution in [0, 0.1) is 20.8 Å². The Bertz CT molecular complexity index is 1170. The molecule has 30 heavy (non-hydrogen) atoms. The van der Waals surface area contributed by atoms with Crippen molar-refractivity contribution in [1.82, 2.24) is 5.32 Å². The smallest absolute Gasteiger partial charge is 0.262 e. The predicted molar refractivity (Wildman–Crippen MR) is 120 cm³/mol. The highest BCUT2D eigenvalue weighted by molar-refractivity contribution is 7.92. The molecule has 0 bridgehead atoms. The normalized spacial score (nSPS) is 12.3. The highest BCUT2D eigenvalue weighted by Crippen LogP contribution is 2.22. The van der Waals surface area contributed by atoms with Crippen LogP contribution in [0.3, 0.4) is 0 Å². The maximum atomic E-state index is 12.9. The van der Waals surface area contributed by atoms with Gasteiger partial charge in [-0.05, 0) is 68.7 Å². The molecule has 0 saturated heterocycles. The zero-order chi connectivity index (χ0) is 21.9. The van der Waals surface area contributed by atoms with Gasteiger partial charge in [0.05, 0.1) is 10.9 Å². The van der Waals surface area contributed by atoms with E-state index in [1.54, 1.807) is 43.3 Å². The predicted octanol–water partition coefficient (Wildman–Crippen LogP) is 4.90. The van der Waals surface area contributed by atoms with Gasteiger partial charge in [-0.3, -0.25) is 9.52 Å². The molecule has 5 nitrogen and oxygen atoms in total. The first-order chi connectivity index (χ1) is 14.2. The molecular formula is C24H26N2O3S. The molecule has 156 valence electrons. The number of carbonyl (C=O) groups excluding carboxylic acids is 1. The summed E-state index contributed by atoms with van der Waals surface area (Å²) in [6, 6.07) is 19.3. The minimum atomic E-state index is -3.82.